The molecule has 0 aliphatic rings. The minimum Gasteiger partial charge on any atom is -0.345 e. The highest BCUT2D eigenvalue weighted by Gasteiger charge is 2.09. The van der Waals surface area contributed by atoms with E-state index in [4.69, 9.17) is 0 Å². The third-order valence-electron chi connectivity index (χ3n) is 2.40. The van der Waals surface area contributed by atoms with Crippen molar-refractivity contribution in [2.45, 2.75) is 19.9 Å². The van der Waals surface area contributed by atoms with Gasteiger partial charge in [-0.15, -0.1) is 0 Å². The van der Waals surface area contributed by atoms with Crippen molar-refractivity contribution in [1.82, 2.24) is 20.5 Å². The van der Waals surface area contributed by atoms with Gasteiger partial charge in [0.1, 0.15) is 5.69 Å². The lowest BCUT2D eigenvalue weighted by molar-refractivity contribution is 0.0945. The highest BCUT2D eigenvalue weighted by molar-refractivity contribution is 5.92. The summed E-state index contributed by atoms with van der Waals surface area (Å²) in [5, 5.41) is 9.52. The van der Waals surface area contributed by atoms with Crippen LogP contribution in [0.5, 0.6) is 0 Å². The molecule has 17 heavy (non-hydrogen) atoms. The third kappa shape index (κ3) is 2.90. The van der Waals surface area contributed by atoms with Crippen LogP contribution in [0.3, 0.4) is 0 Å². The van der Waals surface area contributed by atoms with Gasteiger partial charge in [0, 0.05) is 11.9 Å². The zero-order valence-corrected chi connectivity index (χ0v) is 9.60. The molecule has 0 fully saturated rings. The molecule has 0 radical (unpaired) electrons. The molecule has 0 aliphatic carbocycles. The van der Waals surface area contributed by atoms with Crippen molar-refractivity contribution in [3.8, 4) is 0 Å². The molecule has 5 heteroatoms. The Morgan fingerprint density at radius 3 is 3.00 bits per heavy atom. The number of carbonyl (C=O) groups is 1. The fourth-order valence-corrected chi connectivity index (χ4v) is 1.42. The molecule has 0 spiro atoms. The van der Waals surface area contributed by atoms with Gasteiger partial charge in [-0.1, -0.05) is 13.0 Å². The van der Waals surface area contributed by atoms with Crippen LogP contribution in [-0.2, 0) is 13.0 Å². The number of pyridine rings is 1. The lowest BCUT2D eigenvalue weighted by atomic mass is 10.3. The predicted molar refractivity (Wildman–Crippen MR) is 63.4 cm³/mol. The summed E-state index contributed by atoms with van der Waals surface area (Å²) in [6, 6.07) is 7.35. The Morgan fingerprint density at radius 2 is 2.35 bits per heavy atom. The van der Waals surface area contributed by atoms with Crippen LogP contribution in [0, 0.1) is 0 Å². The van der Waals surface area contributed by atoms with Gasteiger partial charge in [-0.25, -0.2) is 0 Å². The molecule has 2 aromatic rings. The summed E-state index contributed by atoms with van der Waals surface area (Å²) in [6.45, 7) is 2.41. The van der Waals surface area contributed by atoms with Crippen molar-refractivity contribution >= 4 is 5.91 Å². The largest absolute Gasteiger partial charge is 0.345 e. The van der Waals surface area contributed by atoms with Crippen molar-refractivity contribution in [3.05, 3.63) is 47.5 Å². The Labute approximate surface area is 99.3 Å². The molecule has 88 valence electrons. The molecule has 2 aromatic heterocycles. The maximum absolute atomic E-state index is 11.7. The summed E-state index contributed by atoms with van der Waals surface area (Å²) in [4.78, 5) is 15.8. The molecule has 0 atom stereocenters. The minimum absolute atomic E-state index is 0.188. The molecule has 0 aliphatic heterocycles. The van der Waals surface area contributed by atoms with Gasteiger partial charge < -0.3 is 5.32 Å². The first-order valence-corrected chi connectivity index (χ1v) is 5.52. The van der Waals surface area contributed by atoms with E-state index in [0.717, 1.165) is 17.8 Å². The second-order valence-corrected chi connectivity index (χ2v) is 3.64. The van der Waals surface area contributed by atoms with Crippen molar-refractivity contribution in [1.29, 1.82) is 0 Å². The lowest BCUT2D eigenvalue weighted by Crippen LogP contribution is -2.23. The van der Waals surface area contributed by atoms with Crippen molar-refractivity contribution in [2.75, 3.05) is 0 Å². The van der Waals surface area contributed by atoms with Crippen LogP contribution in [0.4, 0.5) is 0 Å². The van der Waals surface area contributed by atoms with Crippen LogP contribution >= 0.6 is 0 Å². The average molecular weight is 230 g/mol. The van der Waals surface area contributed by atoms with E-state index in [1.165, 1.54) is 0 Å². The number of rotatable bonds is 4. The topological polar surface area (TPSA) is 70.7 Å². The Hall–Kier alpha value is -2.17. The van der Waals surface area contributed by atoms with E-state index < -0.39 is 0 Å². The average Bonchev–Trinajstić information content (AvgIpc) is 2.86. The van der Waals surface area contributed by atoms with Gasteiger partial charge in [0.05, 0.1) is 12.2 Å². The van der Waals surface area contributed by atoms with E-state index in [9.17, 15) is 4.79 Å². The number of hydrogen-bond acceptors (Lipinski definition) is 3. The first-order chi connectivity index (χ1) is 8.29. The van der Waals surface area contributed by atoms with E-state index in [1.54, 1.807) is 12.3 Å². The quantitative estimate of drug-likeness (QED) is 0.831. The second kappa shape index (κ2) is 5.25. The van der Waals surface area contributed by atoms with Gasteiger partial charge in [-0.3, -0.25) is 14.9 Å². The number of amides is 1. The number of aromatic amines is 1. The number of aromatic nitrogens is 3. The molecule has 2 heterocycles. The molecular weight excluding hydrogens is 216 g/mol. The summed E-state index contributed by atoms with van der Waals surface area (Å²) in [5.41, 5.74) is 2.19. The van der Waals surface area contributed by atoms with Gasteiger partial charge in [0.15, 0.2) is 0 Å². The van der Waals surface area contributed by atoms with Crippen molar-refractivity contribution in [2.24, 2.45) is 0 Å². The van der Waals surface area contributed by atoms with Gasteiger partial charge >= 0.3 is 0 Å². The number of aryl methyl sites for hydroxylation is 1. The summed E-state index contributed by atoms with van der Waals surface area (Å²) in [6.07, 6.45) is 2.53. The normalized spacial score (nSPS) is 10.2. The first kappa shape index (κ1) is 11.3. The monoisotopic (exact) mass is 230 g/mol. The highest BCUT2D eigenvalue weighted by atomic mass is 16.1. The standard InChI is InChI=1S/C12H14N4O/c1-2-9-7-11(16-15-9)12(17)14-8-10-5-3-4-6-13-10/h3-7H,2,8H2,1H3,(H,14,17)(H,15,16). The van der Waals surface area contributed by atoms with Gasteiger partial charge in [0.25, 0.3) is 5.91 Å². The second-order valence-electron chi connectivity index (χ2n) is 3.64. The lowest BCUT2D eigenvalue weighted by Gasteiger charge is -2.01. The van der Waals surface area contributed by atoms with Crippen molar-refractivity contribution < 1.29 is 4.79 Å². The summed E-state index contributed by atoms with van der Waals surface area (Å²) < 4.78 is 0. The summed E-state index contributed by atoms with van der Waals surface area (Å²) in [7, 11) is 0. The van der Waals surface area contributed by atoms with Gasteiger partial charge in [-0.2, -0.15) is 5.10 Å². The van der Waals surface area contributed by atoms with Crippen LogP contribution in [0.25, 0.3) is 0 Å². The molecule has 0 unspecified atom stereocenters. The zero-order valence-electron chi connectivity index (χ0n) is 9.60. The van der Waals surface area contributed by atoms with Crippen molar-refractivity contribution in [3.63, 3.8) is 0 Å². The number of nitrogens with one attached hydrogen (secondary N) is 2. The van der Waals surface area contributed by atoms with Crippen LogP contribution < -0.4 is 5.32 Å². The smallest absolute Gasteiger partial charge is 0.272 e. The number of H-pyrrole nitrogens is 1. The fraction of sp³-hybridized carbons (Fsp3) is 0.250. The molecule has 2 N–H and O–H groups in total. The Balaban J connectivity index is 1.93. The summed E-state index contributed by atoms with van der Waals surface area (Å²) in [5.74, 6) is -0.188. The summed E-state index contributed by atoms with van der Waals surface area (Å²) >= 11 is 0. The van der Waals surface area contributed by atoms with E-state index in [1.807, 2.05) is 25.1 Å². The van der Waals surface area contributed by atoms with E-state index in [-0.39, 0.29) is 5.91 Å². The van der Waals surface area contributed by atoms with Gasteiger partial charge in [-0.05, 0) is 24.6 Å². The van der Waals surface area contributed by atoms with Gasteiger partial charge in [0.2, 0.25) is 0 Å². The van der Waals surface area contributed by atoms with Crippen LogP contribution in [0.1, 0.15) is 28.8 Å². The van der Waals surface area contributed by atoms with Crippen LogP contribution in [-0.4, -0.2) is 21.1 Å². The van der Waals surface area contributed by atoms with E-state index in [2.05, 4.69) is 20.5 Å². The number of carbonyl (C=O) groups excluding carboxylic acids is 1. The van der Waals surface area contributed by atoms with E-state index in [0.29, 0.717) is 12.2 Å². The fourth-order valence-electron chi connectivity index (χ4n) is 1.42. The molecule has 0 bridgehead atoms. The molecule has 2 rings (SSSR count). The maximum atomic E-state index is 11.7. The van der Waals surface area contributed by atoms with Crippen LogP contribution in [0.15, 0.2) is 30.5 Å². The molecular formula is C12H14N4O. The highest BCUT2D eigenvalue weighted by Crippen LogP contribution is 2.00. The Bertz CT molecular complexity index is 492. The number of hydrogen-bond donors (Lipinski definition) is 2. The third-order valence-corrected chi connectivity index (χ3v) is 2.40. The minimum atomic E-state index is -0.188. The van der Waals surface area contributed by atoms with Crippen LogP contribution in [0.2, 0.25) is 0 Å². The molecule has 5 nitrogen and oxygen atoms in total. The zero-order chi connectivity index (χ0) is 12.1. The molecule has 0 saturated heterocycles. The first-order valence-electron chi connectivity index (χ1n) is 5.52. The molecule has 0 saturated carbocycles. The Morgan fingerprint density at radius 1 is 1.47 bits per heavy atom. The number of nitrogens with zero attached hydrogens (tertiary/aromatic N) is 2. The Kier molecular flexibility index (Phi) is 3.49. The molecule has 0 aromatic carbocycles. The molecule has 1 amide bonds. The predicted octanol–water partition coefficient (Wildman–Crippen LogP) is 1.30. The van der Waals surface area contributed by atoms with E-state index >= 15 is 0 Å². The maximum Gasteiger partial charge on any atom is 0.272 e. The SMILES string of the molecule is CCc1cc(C(=O)NCc2ccccn2)n[nH]1.